The number of benzene rings is 3. The van der Waals surface area contributed by atoms with Crippen LogP contribution in [0.1, 0.15) is 0 Å². The zero-order chi connectivity index (χ0) is 19.6. The number of aromatic nitrogens is 2. The van der Waals surface area contributed by atoms with Gasteiger partial charge in [0.2, 0.25) is 0 Å². The highest BCUT2D eigenvalue weighted by Crippen LogP contribution is 2.46. The molecule has 0 saturated heterocycles. The molecular weight excluding hydrogens is 391 g/mol. The summed E-state index contributed by atoms with van der Waals surface area (Å²) >= 11 is 5.97. The van der Waals surface area contributed by atoms with Crippen molar-refractivity contribution in [3.05, 3.63) is 90.0 Å². The van der Waals surface area contributed by atoms with Crippen LogP contribution in [0, 0.1) is 0 Å². The molecular formula is C21H18ClN4OP. The van der Waals surface area contributed by atoms with E-state index in [0.29, 0.717) is 26.8 Å². The van der Waals surface area contributed by atoms with Gasteiger partial charge in [0.05, 0.1) is 0 Å². The molecule has 0 aliphatic heterocycles. The minimum atomic E-state index is -3.26. The lowest BCUT2D eigenvalue weighted by Gasteiger charge is -2.20. The van der Waals surface area contributed by atoms with Crippen molar-refractivity contribution < 1.29 is 4.57 Å². The number of hydrogen-bond donors (Lipinski definition) is 3. The molecule has 0 atom stereocenters. The van der Waals surface area contributed by atoms with Crippen molar-refractivity contribution in [1.29, 1.82) is 0 Å². The molecule has 0 radical (unpaired) electrons. The van der Waals surface area contributed by atoms with Crippen LogP contribution in [0.5, 0.6) is 0 Å². The average Bonchev–Trinajstić information content (AvgIpc) is 3.11. The minimum absolute atomic E-state index is 0.271. The SMILES string of the molecule is Nc1[nH]nc(Nc2ccc(Cl)cc2)c1P(=O)(c1ccccc1)c1ccccc1. The summed E-state index contributed by atoms with van der Waals surface area (Å²) in [6.45, 7) is 0. The fraction of sp³-hybridized carbons (Fsp3) is 0. The Morgan fingerprint density at radius 2 is 1.39 bits per heavy atom. The van der Waals surface area contributed by atoms with Crippen LogP contribution in [-0.4, -0.2) is 10.2 Å². The second-order valence-electron chi connectivity index (χ2n) is 6.25. The van der Waals surface area contributed by atoms with Gasteiger partial charge in [-0.2, -0.15) is 5.10 Å². The molecule has 5 nitrogen and oxygen atoms in total. The van der Waals surface area contributed by atoms with Gasteiger partial charge in [0.15, 0.2) is 13.0 Å². The monoisotopic (exact) mass is 408 g/mol. The molecule has 0 fully saturated rings. The Bertz CT molecular complexity index is 1080. The molecule has 3 aromatic carbocycles. The van der Waals surface area contributed by atoms with E-state index in [0.717, 1.165) is 5.69 Å². The predicted molar refractivity (Wildman–Crippen MR) is 117 cm³/mol. The van der Waals surface area contributed by atoms with Crippen molar-refractivity contribution in [3.8, 4) is 0 Å². The van der Waals surface area contributed by atoms with E-state index in [9.17, 15) is 4.57 Å². The van der Waals surface area contributed by atoms with Gasteiger partial charge < -0.3 is 15.6 Å². The minimum Gasteiger partial charge on any atom is -0.383 e. The second-order valence-corrected chi connectivity index (χ2v) is 9.38. The van der Waals surface area contributed by atoms with Crippen molar-refractivity contribution in [2.24, 2.45) is 0 Å². The predicted octanol–water partition coefficient (Wildman–Crippen LogP) is 4.03. The Hall–Kier alpha value is -3.01. The summed E-state index contributed by atoms with van der Waals surface area (Å²) in [5, 5.41) is 12.7. The van der Waals surface area contributed by atoms with Gasteiger partial charge in [0.1, 0.15) is 11.1 Å². The molecule has 28 heavy (non-hydrogen) atoms. The maximum absolute atomic E-state index is 14.6. The molecule has 7 heteroatoms. The molecule has 1 aromatic heterocycles. The van der Waals surface area contributed by atoms with Crippen LogP contribution >= 0.6 is 18.7 Å². The Kier molecular flexibility index (Phi) is 4.95. The van der Waals surface area contributed by atoms with E-state index < -0.39 is 7.14 Å². The van der Waals surface area contributed by atoms with Gasteiger partial charge in [-0.15, -0.1) is 0 Å². The van der Waals surface area contributed by atoms with E-state index in [1.54, 1.807) is 12.1 Å². The highest BCUT2D eigenvalue weighted by atomic mass is 35.5. The Labute approximate surface area is 167 Å². The third-order valence-corrected chi connectivity index (χ3v) is 7.81. The summed E-state index contributed by atoms with van der Waals surface area (Å²) in [7, 11) is -3.26. The third kappa shape index (κ3) is 3.31. The van der Waals surface area contributed by atoms with Crippen molar-refractivity contribution in [3.63, 3.8) is 0 Å². The van der Waals surface area contributed by atoms with E-state index in [1.807, 2.05) is 72.8 Å². The highest BCUT2D eigenvalue weighted by Gasteiger charge is 2.36. The quantitative estimate of drug-likeness (QED) is 0.435. The van der Waals surface area contributed by atoms with Crippen LogP contribution in [0.15, 0.2) is 84.9 Å². The zero-order valence-electron chi connectivity index (χ0n) is 14.8. The maximum Gasteiger partial charge on any atom is 0.178 e. The summed E-state index contributed by atoms with van der Waals surface area (Å²) in [6, 6.07) is 25.9. The Morgan fingerprint density at radius 3 is 1.93 bits per heavy atom. The van der Waals surface area contributed by atoms with Gasteiger partial charge in [-0.1, -0.05) is 72.3 Å². The van der Waals surface area contributed by atoms with E-state index >= 15 is 0 Å². The molecule has 4 aromatic rings. The molecule has 0 aliphatic carbocycles. The number of aromatic amines is 1. The smallest absolute Gasteiger partial charge is 0.178 e. The average molecular weight is 409 g/mol. The standard InChI is InChI=1S/C21H18ClN4OP/c22-15-11-13-16(14-12-15)24-21-19(20(23)25-26-21)28(27,17-7-3-1-4-8-17)18-9-5-2-6-10-18/h1-14H,(H4,23,24,25,26). The van der Waals surface area contributed by atoms with Gasteiger partial charge in [-0.05, 0) is 24.3 Å². The second kappa shape index (κ2) is 7.55. The molecule has 4 rings (SSSR count). The van der Waals surface area contributed by atoms with Crippen LogP contribution in [-0.2, 0) is 4.57 Å². The van der Waals surface area contributed by atoms with E-state index in [1.165, 1.54) is 0 Å². The van der Waals surface area contributed by atoms with Crippen molar-refractivity contribution >= 4 is 52.0 Å². The Morgan fingerprint density at radius 1 is 0.857 bits per heavy atom. The zero-order valence-corrected chi connectivity index (χ0v) is 16.5. The summed E-state index contributed by atoms with van der Waals surface area (Å²) in [6.07, 6.45) is 0. The first-order valence-corrected chi connectivity index (χ1v) is 10.8. The van der Waals surface area contributed by atoms with Crippen molar-refractivity contribution in [2.75, 3.05) is 11.1 Å². The maximum atomic E-state index is 14.6. The van der Waals surface area contributed by atoms with Crippen LogP contribution in [0.25, 0.3) is 0 Å². The number of nitrogens with one attached hydrogen (secondary N) is 2. The fourth-order valence-corrected chi connectivity index (χ4v) is 6.03. The topological polar surface area (TPSA) is 83.8 Å². The third-order valence-electron chi connectivity index (χ3n) is 4.43. The molecule has 0 amide bonds. The lowest BCUT2D eigenvalue weighted by atomic mass is 10.3. The van der Waals surface area contributed by atoms with Crippen LogP contribution in [0.3, 0.4) is 0 Å². The molecule has 0 bridgehead atoms. The van der Waals surface area contributed by atoms with Crippen molar-refractivity contribution in [2.45, 2.75) is 0 Å². The normalized spacial score (nSPS) is 11.3. The van der Waals surface area contributed by atoms with Gasteiger partial charge in [0, 0.05) is 21.3 Å². The van der Waals surface area contributed by atoms with E-state index in [2.05, 4.69) is 15.5 Å². The first kappa shape index (κ1) is 18.4. The van der Waals surface area contributed by atoms with Gasteiger partial charge in [-0.25, -0.2) is 0 Å². The first-order valence-electron chi connectivity index (χ1n) is 8.67. The summed E-state index contributed by atoms with van der Waals surface area (Å²) in [5.74, 6) is 0.698. The number of H-pyrrole nitrogens is 1. The van der Waals surface area contributed by atoms with Gasteiger partial charge in [0.25, 0.3) is 0 Å². The van der Waals surface area contributed by atoms with Gasteiger partial charge in [-0.3, -0.25) is 5.10 Å². The summed E-state index contributed by atoms with van der Waals surface area (Å²) in [4.78, 5) is 0. The molecule has 1 heterocycles. The molecule has 0 unspecified atom stereocenters. The van der Waals surface area contributed by atoms with E-state index in [-0.39, 0.29) is 5.82 Å². The largest absolute Gasteiger partial charge is 0.383 e. The summed E-state index contributed by atoms with van der Waals surface area (Å²) in [5.41, 5.74) is 7.00. The number of nitrogens with zero attached hydrogens (tertiary/aromatic N) is 1. The molecule has 0 spiro atoms. The summed E-state index contributed by atoms with van der Waals surface area (Å²) < 4.78 is 14.6. The number of nitrogens with two attached hydrogens (primary N) is 1. The molecule has 0 saturated carbocycles. The number of halogens is 1. The number of rotatable bonds is 5. The number of hydrogen-bond acceptors (Lipinski definition) is 4. The molecule has 0 aliphatic rings. The van der Waals surface area contributed by atoms with Crippen LogP contribution in [0.2, 0.25) is 5.02 Å². The lowest BCUT2D eigenvalue weighted by molar-refractivity contribution is 0.592. The highest BCUT2D eigenvalue weighted by molar-refractivity contribution is 7.85. The van der Waals surface area contributed by atoms with Crippen LogP contribution in [0.4, 0.5) is 17.3 Å². The number of anilines is 3. The van der Waals surface area contributed by atoms with Crippen LogP contribution < -0.4 is 27.0 Å². The first-order chi connectivity index (χ1) is 13.6. The molecule has 4 N–H and O–H groups in total. The molecule has 140 valence electrons. The number of nitrogen functional groups attached to an aromatic ring is 1. The lowest BCUT2D eigenvalue weighted by Crippen LogP contribution is -2.27. The van der Waals surface area contributed by atoms with E-state index in [4.69, 9.17) is 17.3 Å². The van der Waals surface area contributed by atoms with Crippen molar-refractivity contribution in [1.82, 2.24) is 10.2 Å². The Balaban J connectivity index is 1.90. The fourth-order valence-electron chi connectivity index (χ4n) is 3.11. The van der Waals surface area contributed by atoms with Gasteiger partial charge >= 0.3 is 0 Å².